The summed E-state index contributed by atoms with van der Waals surface area (Å²) in [5.41, 5.74) is 0.946. The van der Waals surface area contributed by atoms with Gasteiger partial charge in [0.15, 0.2) is 0 Å². The van der Waals surface area contributed by atoms with Gasteiger partial charge >= 0.3 is 5.97 Å². The summed E-state index contributed by atoms with van der Waals surface area (Å²) in [7, 11) is 0. The van der Waals surface area contributed by atoms with Gasteiger partial charge in [0.05, 0.1) is 5.56 Å². The zero-order valence-electron chi connectivity index (χ0n) is 7.40. The molecule has 3 nitrogen and oxygen atoms in total. The smallest absolute Gasteiger partial charge is 0.335 e. The summed E-state index contributed by atoms with van der Waals surface area (Å²) in [6, 6.07) is 6.72. The minimum atomic E-state index is -0.948. The van der Waals surface area contributed by atoms with E-state index in [4.69, 9.17) is 10.2 Å². The van der Waals surface area contributed by atoms with E-state index in [1.807, 2.05) is 0 Å². The van der Waals surface area contributed by atoms with E-state index in [1.54, 1.807) is 31.2 Å². The molecule has 70 valence electrons. The van der Waals surface area contributed by atoms with Gasteiger partial charge < -0.3 is 10.2 Å². The average Bonchev–Trinajstić information content (AvgIpc) is 2.16. The molecule has 0 radical (unpaired) electrons. The minimum absolute atomic E-state index is 0.0374. The SMILES string of the molecule is C[C@@H](CO)c1ccccc1C(=O)O. The van der Waals surface area contributed by atoms with Gasteiger partial charge in [-0.15, -0.1) is 0 Å². The van der Waals surface area contributed by atoms with E-state index in [-0.39, 0.29) is 18.1 Å². The fourth-order valence-electron chi connectivity index (χ4n) is 1.22. The largest absolute Gasteiger partial charge is 0.478 e. The van der Waals surface area contributed by atoms with Crippen LogP contribution in [0.1, 0.15) is 28.8 Å². The third-order valence-corrected chi connectivity index (χ3v) is 2.00. The van der Waals surface area contributed by atoms with Crippen LogP contribution in [0.5, 0.6) is 0 Å². The molecule has 0 unspecified atom stereocenters. The molecule has 0 aliphatic heterocycles. The number of aliphatic hydroxyl groups excluding tert-OH is 1. The van der Waals surface area contributed by atoms with E-state index in [2.05, 4.69) is 0 Å². The van der Waals surface area contributed by atoms with Gasteiger partial charge in [-0.05, 0) is 11.6 Å². The lowest BCUT2D eigenvalue weighted by molar-refractivity contribution is 0.0695. The summed E-state index contributed by atoms with van der Waals surface area (Å²) in [4.78, 5) is 10.8. The summed E-state index contributed by atoms with van der Waals surface area (Å²) in [5, 5.41) is 17.7. The second kappa shape index (κ2) is 4.05. The quantitative estimate of drug-likeness (QED) is 0.740. The van der Waals surface area contributed by atoms with Crippen molar-refractivity contribution < 1.29 is 15.0 Å². The number of hydrogen-bond donors (Lipinski definition) is 2. The molecule has 0 aromatic heterocycles. The van der Waals surface area contributed by atoms with Crippen LogP contribution in [0.15, 0.2) is 24.3 Å². The molecule has 1 aromatic rings. The molecule has 0 saturated heterocycles. The summed E-state index contributed by atoms with van der Waals surface area (Å²) in [6.45, 7) is 1.76. The molecule has 0 saturated carbocycles. The van der Waals surface area contributed by atoms with Gasteiger partial charge in [-0.3, -0.25) is 0 Å². The van der Waals surface area contributed by atoms with Gasteiger partial charge in [0.25, 0.3) is 0 Å². The highest BCUT2D eigenvalue weighted by Crippen LogP contribution is 2.18. The average molecular weight is 180 g/mol. The Morgan fingerprint density at radius 2 is 2.08 bits per heavy atom. The van der Waals surface area contributed by atoms with E-state index in [9.17, 15) is 4.79 Å². The number of carboxylic acid groups (broad SMARTS) is 1. The van der Waals surface area contributed by atoms with Gasteiger partial charge in [0, 0.05) is 12.5 Å². The van der Waals surface area contributed by atoms with Crippen LogP contribution in [0.2, 0.25) is 0 Å². The van der Waals surface area contributed by atoms with Gasteiger partial charge in [0.2, 0.25) is 0 Å². The second-order valence-electron chi connectivity index (χ2n) is 2.98. The molecule has 13 heavy (non-hydrogen) atoms. The number of rotatable bonds is 3. The molecule has 0 heterocycles. The van der Waals surface area contributed by atoms with E-state index < -0.39 is 5.97 Å². The van der Waals surface area contributed by atoms with Gasteiger partial charge in [-0.2, -0.15) is 0 Å². The molecule has 0 aliphatic rings. The van der Waals surface area contributed by atoms with Crippen LogP contribution >= 0.6 is 0 Å². The Hall–Kier alpha value is -1.35. The van der Waals surface area contributed by atoms with Crippen LogP contribution in [-0.4, -0.2) is 22.8 Å². The second-order valence-corrected chi connectivity index (χ2v) is 2.98. The Balaban J connectivity index is 3.11. The summed E-state index contributed by atoms with van der Waals surface area (Å²) < 4.78 is 0. The Kier molecular flexibility index (Phi) is 3.03. The van der Waals surface area contributed by atoms with Crippen LogP contribution in [0.4, 0.5) is 0 Å². The van der Waals surface area contributed by atoms with Crippen molar-refractivity contribution in [3.63, 3.8) is 0 Å². The monoisotopic (exact) mass is 180 g/mol. The van der Waals surface area contributed by atoms with Crippen molar-refractivity contribution in [2.75, 3.05) is 6.61 Å². The Morgan fingerprint density at radius 1 is 1.46 bits per heavy atom. The maximum atomic E-state index is 10.8. The Morgan fingerprint density at radius 3 is 2.62 bits per heavy atom. The van der Waals surface area contributed by atoms with Crippen molar-refractivity contribution in [1.29, 1.82) is 0 Å². The maximum Gasteiger partial charge on any atom is 0.335 e. The molecule has 3 heteroatoms. The first-order valence-corrected chi connectivity index (χ1v) is 4.10. The van der Waals surface area contributed by atoms with Crippen LogP contribution in [0, 0.1) is 0 Å². The fourth-order valence-corrected chi connectivity index (χ4v) is 1.22. The van der Waals surface area contributed by atoms with E-state index in [1.165, 1.54) is 0 Å². The first-order valence-electron chi connectivity index (χ1n) is 4.10. The summed E-state index contributed by atoms with van der Waals surface area (Å²) >= 11 is 0. The molecule has 0 fully saturated rings. The third-order valence-electron chi connectivity index (χ3n) is 2.00. The lowest BCUT2D eigenvalue weighted by Crippen LogP contribution is -2.07. The minimum Gasteiger partial charge on any atom is -0.478 e. The Labute approximate surface area is 76.6 Å². The first-order chi connectivity index (χ1) is 6.16. The van der Waals surface area contributed by atoms with Crippen molar-refractivity contribution >= 4 is 5.97 Å². The van der Waals surface area contributed by atoms with Gasteiger partial charge in [0.1, 0.15) is 0 Å². The molecule has 0 bridgehead atoms. The molecule has 2 N–H and O–H groups in total. The van der Waals surface area contributed by atoms with Gasteiger partial charge in [-0.25, -0.2) is 4.79 Å². The number of aromatic carboxylic acids is 1. The number of benzene rings is 1. The number of hydrogen-bond acceptors (Lipinski definition) is 2. The fraction of sp³-hybridized carbons (Fsp3) is 0.300. The van der Waals surface area contributed by atoms with Crippen LogP contribution in [-0.2, 0) is 0 Å². The van der Waals surface area contributed by atoms with E-state index >= 15 is 0 Å². The van der Waals surface area contributed by atoms with Crippen LogP contribution in [0.25, 0.3) is 0 Å². The van der Waals surface area contributed by atoms with Crippen molar-refractivity contribution in [3.8, 4) is 0 Å². The van der Waals surface area contributed by atoms with Crippen molar-refractivity contribution in [2.45, 2.75) is 12.8 Å². The van der Waals surface area contributed by atoms with Crippen molar-refractivity contribution in [1.82, 2.24) is 0 Å². The van der Waals surface area contributed by atoms with Crippen molar-refractivity contribution in [3.05, 3.63) is 35.4 Å². The number of carboxylic acids is 1. The molecular weight excluding hydrogens is 168 g/mol. The van der Waals surface area contributed by atoms with E-state index in [0.29, 0.717) is 5.56 Å². The van der Waals surface area contributed by atoms with Crippen LogP contribution < -0.4 is 0 Å². The molecule has 1 aromatic carbocycles. The molecule has 1 rings (SSSR count). The molecule has 0 spiro atoms. The zero-order chi connectivity index (χ0) is 9.84. The summed E-state index contributed by atoms with van der Waals surface area (Å²) in [5.74, 6) is -1.08. The topological polar surface area (TPSA) is 57.5 Å². The zero-order valence-corrected chi connectivity index (χ0v) is 7.40. The lowest BCUT2D eigenvalue weighted by Gasteiger charge is -2.10. The molecule has 0 aliphatic carbocycles. The normalized spacial score (nSPS) is 12.5. The highest BCUT2D eigenvalue weighted by atomic mass is 16.4. The highest BCUT2D eigenvalue weighted by Gasteiger charge is 2.13. The lowest BCUT2D eigenvalue weighted by atomic mass is 9.96. The van der Waals surface area contributed by atoms with Crippen molar-refractivity contribution in [2.24, 2.45) is 0 Å². The molecule has 1 atom stereocenters. The number of carbonyl (C=O) groups is 1. The first kappa shape index (κ1) is 9.74. The Bertz CT molecular complexity index is 307. The van der Waals surface area contributed by atoms with Crippen LogP contribution in [0.3, 0.4) is 0 Å². The third kappa shape index (κ3) is 2.06. The maximum absolute atomic E-state index is 10.8. The predicted molar refractivity (Wildman–Crippen MR) is 48.9 cm³/mol. The predicted octanol–water partition coefficient (Wildman–Crippen LogP) is 1.48. The highest BCUT2D eigenvalue weighted by molar-refractivity contribution is 5.89. The molecular formula is C10H12O3. The standard InChI is InChI=1S/C10H12O3/c1-7(6-11)8-4-2-3-5-9(8)10(12)13/h2-5,7,11H,6H2,1H3,(H,12,13)/t7-/m0/s1. The number of aliphatic hydroxyl groups is 1. The van der Waals surface area contributed by atoms with Gasteiger partial charge in [-0.1, -0.05) is 25.1 Å². The molecule has 0 amide bonds. The van der Waals surface area contributed by atoms with E-state index in [0.717, 1.165) is 0 Å². The summed E-state index contributed by atoms with van der Waals surface area (Å²) in [6.07, 6.45) is 0.